The van der Waals surface area contributed by atoms with Gasteiger partial charge in [-0.1, -0.05) is 40.5 Å². The number of rotatable bonds is 5. The molecule has 1 atom stereocenters. The lowest BCUT2D eigenvalue weighted by Gasteiger charge is -2.13. The van der Waals surface area contributed by atoms with Gasteiger partial charge >= 0.3 is 0 Å². The summed E-state index contributed by atoms with van der Waals surface area (Å²) in [6.45, 7) is 14.1. The van der Waals surface area contributed by atoms with Gasteiger partial charge in [-0.3, -0.25) is 4.79 Å². The van der Waals surface area contributed by atoms with Gasteiger partial charge in [0.05, 0.1) is 5.38 Å². The fraction of sp³-hybridized carbons (Fsp3) is 0.812. The van der Waals surface area contributed by atoms with Gasteiger partial charge in [-0.15, -0.1) is 11.6 Å². The van der Waals surface area contributed by atoms with E-state index in [1.807, 2.05) is 41.5 Å². The Morgan fingerprint density at radius 2 is 1.67 bits per heavy atom. The molecule has 1 unspecified atom stereocenters. The minimum atomic E-state index is -0.291. The summed E-state index contributed by atoms with van der Waals surface area (Å²) in [5.41, 5.74) is 10.5. The van der Waals surface area contributed by atoms with Crippen LogP contribution in [0.15, 0.2) is 0 Å². The van der Waals surface area contributed by atoms with E-state index in [1.165, 1.54) is 0 Å². The van der Waals surface area contributed by atoms with E-state index in [9.17, 15) is 4.79 Å². The largest absolute Gasteiger partial charge is 0.370 e. The minimum Gasteiger partial charge on any atom is -0.370 e. The monoisotopic (exact) mass is 384 g/mol. The van der Waals surface area contributed by atoms with Gasteiger partial charge in [0.25, 0.3) is 0 Å². The summed E-state index contributed by atoms with van der Waals surface area (Å²) in [7, 11) is 0. The smallest absolute Gasteiger partial charge is 0.217 e. The van der Waals surface area contributed by atoms with E-state index in [0.717, 1.165) is 6.42 Å². The standard InChI is InChI=1S/C7H9BrClNO.C5H13N.2C2H6/c8-5-4-6(9)2-1-3-7(10)11;1-4-5(2,3)6;2*1-2/h6H,1-3H2,(H2,10,11);4,6H2,1-3H3;2*1-2H3. The molecule has 128 valence electrons. The maximum Gasteiger partial charge on any atom is 0.217 e. The molecular formula is C16H34BrClN2O. The van der Waals surface area contributed by atoms with Gasteiger partial charge in [-0.05, 0) is 37.9 Å². The van der Waals surface area contributed by atoms with Gasteiger partial charge in [0.2, 0.25) is 5.91 Å². The van der Waals surface area contributed by atoms with Crippen LogP contribution in [-0.2, 0) is 4.79 Å². The molecule has 0 rings (SSSR count). The summed E-state index contributed by atoms with van der Waals surface area (Å²) in [5.74, 6) is 2.41. The molecular weight excluding hydrogens is 352 g/mol. The van der Waals surface area contributed by atoms with E-state index >= 15 is 0 Å². The summed E-state index contributed by atoms with van der Waals surface area (Å²) >= 11 is 8.64. The SMILES string of the molecule is CC.CC.CCC(C)(C)N.NC(=O)CCCC(Cl)C#CBr. The molecule has 0 aromatic carbocycles. The maximum atomic E-state index is 10.3. The molecule has 0 spiro atoms. The molecule has 1 amide bonds. The average molecular weight is 386 g/mol. The normalized spacial score (nSPS) is 10.0. The summed E-state index contributed by atoms with van der Waals surface area (Å²) in [5, 5.41) is -0.186. The Hall–Kier alpha value is -0.240. The summed E-state index contributed by atoms with van der Waals surface area (Å²) in [6.07, 6.45) is 2.83. The first-order chi connectivity index (χ1) is 9.72. The van der Waals surface area contributed by atoms with Crippen molar-refractivity contribution in [3.05, 3.63) is 0 Å². The van der Waals surface area contributed by atoms with Crippen molar-refractivity contribution >= 4 is 33.4 Å². The maximum absolute atomic E-state index is 10.3. The first-order valence-electron chi connectivity index (χ1n) is 7.55. The topological polar surface area (TPSA) is 69.1 Å². The second-order valence-electron chi connectivity index (χ2n) is 4.41. The lowest BCUT2D eigenvalue weighted by Crippen LogP contribution is -2.30. The van der Waals surface area contributed by atoms with Crippen molar-refractivity contribution in [2.45, 2.75) is 85.1 Å². The highest BCUT2D eigenvalue weighted by Crippen LogP contribution is 2.06. The zero-order valence-electron chi connectivity index (χ0n) is 14.7. The number of primary amides is 1. The van der Waals surface area contributed by atoms with E-state index < -0.39 is 0 Å². The number of carbonyl (C=O) groups excluding carboxylic acids is 1. The number of carbonyl (C=O) groups is 1. The number of hydrogen-bond acceptors (Lipinski definition) is 2. The number of amides is 1. The highest BCUT2D eigenvalue weighted by Gasteiger charge is 2.03. The zero-order valence-corrected chi connectivity index (χ0v) is 17.1. The number of nitrogens with two attached hydrogens (primary N) is 2. The van der Waals surface area contributed by atoms with Crippen molar-refractivity contribution in [2.24, 2.45) is 11.5 Å². The fourth-order valence-electron chi connectivity index (χ4n) is 0.587. The Bertz CT molecular complexity index is 268. The van der Waals surface area contributed by atoms with E-state index in [1.54, 1.807) is 0 Å². The molecule has 0 aromatic rings. The third-order valence-corrected chi connectivity index (χ3v) is 2.56. The third-order valence-electron chi connectivity index (χ3n) is 2.00. The van der Waals surface area contributed by atoms with Crippen LogP contribution in [0.3, 0.4) is 0 Å². The molecule has 4 N–H and O–H groups in total. The second kappa shape index (κ2) is 22.0. The van der Waals surface area contributed by atoms with Crippen LogP contribution in [-0.4, -0.2) is 16.8 Å². The van der Waals surface area contributed by atoms with Gasteiger partial charge in [0, 0.05) is 27.9 Å². The van der Waals surface area contributed by atoms with Crippen molar-refractivity contribution < 1.29 is 4.79 Å². The Labute approximate surface area is 145 Å². The van der Waals surface area contributed by atoms with Crippen LogP contribution in [0.25, 0.3) is 0 Å². The van der Waals surface area contributed by atoms with Crippen LogP contribution in [0.1, 0.15) is 74.1 Å². The number of halogens is 2. The van der Waals surface area contributed by atoms with Gasteiger partial charge in [-0.25, -0.2) is 0 Å². The average Bonchev–Trinajstić information content (AvgIpc) is 2.43. The van der Waals surface area contributed by atoms with E-state index in [2.05, 4.69) is 33.6 Å². The first-order valence-corrected chi connectivity index (χ1v) is 8.78. The molecule has 0 saturated carbocycles. The molecule has 21 heavy (non-hydrogen) atoms. The zero-order chi connectivity index (χ0) is 17.9. The Balaban J connectivity index is -0.000000122. The van der Waals surface area contributed by atoms with Crippen molar-refractivity contribution in [1.29, 1.82) is 0 Å². The Kier molecular flexibility index (Phi) is 30.3. The van der Waals surface area contributed by atoms with Crippen LogP contribution < -0.4 is 11.5 Å². The lowest BCUT2D eigenvalue weighted by atomic mass is 10.1. The quantitative estimate of drug-likeness (QED) is 0.527. The van der Waals surface area contributed by atoms with E-state index in [-0.39, 0.29) is 16.8 Å². The minimum absolute atomic E-state index is 0.0417. The van der Waals surface area contributed by atoms with Gasteiger partial charge in [0.15, 0.2) is 0 Å². The van der Waals surface area contributed by atoms with Crippen LogP contribution in [0, 0.1) is 10.8 Å². The molecule has 0 aliphatic rings. The van der Waals surface area contributed by atoms with Gasteiger partial charge in [-0.2, -0.15) is 0 Å². The van der Waals surface area contributed by atoms with Crippen molar-refractivity contribution in [1.82, 2.24) is 0 Å². The Morgan fingerprint density at radius 3 is 1.90 bits per heavy atom. The van der Waals surface area contributed by atoms with Crippen LogP contribution >= 0.6 is 27.5 Å². The summed E-state index contributed by atoms with van der Waals surface area (Å²) in [4.78, 5) is 12.8. The molecule has 3 nitrogen and oxygen atoms in total. The van der Waals surface area contributed by atoms with Crippen LogP contribution in [0.5, 0.6) is 0 Å². The number of hydrogen-bond donors (Lipinski definition) is 2. The molecule has 5 heteroatoms. The first kappa shape index (κ1) is 28.9. The van der Waals surface area contributed by atoms with Crippen LogP contribution in [0.2, 0.25) is 0 Å². The summed E-state index contributed by atoms with van der Waals surface area (Å²) in [6, 6.07) is 0. The summed E-state index contributed by atoms with van der Waals surface area (Å²) < 4.78 is 0. The number of alkyl halides is 1. The highest BCUT2D eigenvalue weighted by molar-refractivity contribution is 9.12. The Morgan fingerprint density at radius 1 is 1.29 bits per heavy atom. The van der Waals surface area contributed by atoms with E-state index in [0.29, 0.717) is 19.3 Å². The molecule has 0 fully saturated rings. The highest BCUT2D eigenvalue weighted by atomic mass is 79.9. The molecule has 0 aliphatic heterocycles. The van der Waals surface area contributed by atoms with Crippen LogP contribution in [0.4, 0.5) is 0 Å². The van der Waals surface area contributed by atoms with Gasteiger partial charge in [0.1, 0.15) is 0 Å². The molecule has 0 aromatic heterocycles. The predicted molar refractivity (Wildman–Crippen MR) is 101 cm³/mol. The lowest BCUT2D eigenvalue weighted by molar-refractivity contribution is -0.118. The van der Waals surface area contributed by atoms with Gasteiger partial charge < -0.3 is 11.5 Å². The van der Waals surface area contributed by atoms with Crippen molar-refractivity contribution in [3.63, 3.8) is 0 Å². The predicted octanol–water partition coefficient (Wildman–Crippen LogP) is 4.79. The van der Waals surface area contributed by atoms with Crippen molar-refractivity contribution in [2.75, 3.05) is 0 Å². The second-order valence-corrected chi connectivity index (χ2v) is 5.33. The molecule has 0 bridgehead atoms. The molecule has 0 heterocycles. The molecule has 0 aliphatic carbocycles. The third kappa shape index (κ3) is 45.1. The fourth-order valence-corrected chi connectivity index (χ4v) is 1.20. The van der Waals surface area contributed by atoms with Crippen molar-refractivity contribution in [3.8, 4) is 10.8 Å². The molecule has 0 saturated heterocycles. The molecule has 0 radical (unpaired) electrons. The van der Waals surface area contributed by atoms with E-state index in [4.69, 9.17) is 23.1 Å².